The lowest BCUT2D eigenvalue weighted by Gasteiger charge is -2.18. The summed E-state index contributed by atoms with van der Waals surface area (Å²) in [5, 5.41) is 7.78. The second-order valence-corrected chi connectivity index (χ2v) is 8.81. The highest BCUT2D eigenvalue weighted by molar-refractivity contribution is 7.18. The van der Waals surface area contributed by atoms with E-state index in [-0.39, 0.29) is 11.9 Å². The van der Waals surface area contributed by atoms with Crippen molar-refractivity contribution in [1.82, 2.24) is 19.9 Å². The van der Waals surface area contributed by atoms with Crippen LogP contribution in [0, 0.1) is 5.82 Å². The maximum absolute atomic E-state index is 13.6. The van der Waals surface area contributed by atoms with Crippen LogP contribution in [0.1, 0.15) is 27.7 Å². The van der Waals surface area contributed by atoms with Crippen molar-refractivity contribution < 1.29 is 4.39 Å². The second-order valence-electron chi connectivity index (χ2n) is 7.37. The van der Waals surface area contributed by atoms with Crippen LogP contribution in [0.4, 0.5) is 15.5 Å². The average Bonchev–Trinajstić information content (AvgIpc) is 3.19. The Labute approximate surface area is 191 Å². The summed E-state index contributed by atoms with van der Waals surface area (Å²) in [4.78, 5) is 17.0. The summed E-state index contributed by atoms with van der Waals surface area (Å²) in [6.07, 6.45) is 1.80. The maximum Gasteiger partial charge on any atom is 0.223 e. The molecule has 0 aliphatic heterocycles. The number of nitrogens with zero attached hydrogens (tertiary/aromatic N) is 4. The number of likely N-dealkylation sites (N-methyl/N-ethyl adjacent to an activating group) is 1. The zero-order valence-electron chi connectivity index (χ0n) is 18.2. The fourth-order valence-electron chi connectivity index (χ4n) is 3.06. The quantitative estimate of drug-likeness (QED) is 0.407. The van der Waals surface area contributed by atoms with E-state index in [1.54, 1.807) is 12.3 Å². The Kier molecular flexibility index (Phi) is 8.17. The van der Waals surface area contributed by atoms with E-state index >= 15 is 0 Å². The van der Waals surface area contributed by atoms with E-state index in [4.69, 9.17) is 16.6 Å². The first kappa shape index (κ1) is 23.4. The lowest BCUT2D eigenvalue weighted by atomic mass is 10.1. The summed E-state index contributed by atoms with van der Waals surface area (Å²) in [6, 6.07) is 6.47. The number of anilines is 2. The van der Waals surface area contributed by atoms with Crippen molar-refractivity contribution >= 4 is 34.0 Å². The summed E-state index contributed by atoms with van der Waals surface area (Å²) < 4.78 is 13.6. The molecule has 0 spiro atoms. The molecule has 2 aromatic heterocycles. The molecule has 166 valence electrons. The number of halogens is 2. The van der Waals surface area contributed by atoms with Gasteiger partial charge in [0, 0.05) is 30.9 Å². The third-order valence-electron chi connectivity index (χ3n) is 4.71. The molecule has 0 aliphatic rings. The van der Waals surface area contributed by atoms with E-state index in [9.17, 15) is 4.39 Å². The van der Waals surface area contributed by atoms with Crippen LogP contribution in [0.25, 0.3) is 21.8 Å². The molecular weight excluding hydrogens is 435 g/mol. The van der Waals surface area contributed by atoms with Gasteiger partial charge in [0.05, 0.1) is 21.3 Å². The molecule has 2 N–H and O–H groups in total. The first-order chi connectivity index (χ1) is 14.9. The molecule has 1 aromatic carbocycles. The third-order valence-corrected chi connectivity index (χ3v) is 5.97. The average molecular weight is 463 g/mol. The van der Waals surface area contributed by atoms with E-state index < -0.39 is 0 Å². The Bertz CT molecular complexity index is 1010. The number of hydrogen-bond acceptors (Lipinski definition) is 7. The first-order valence-electron chi connectivity index (χ1n) is 10.4. The van der Waals surface area contributed by atoms with Crippen molar-refractivity contribution in [3.05, 3.63) is 41.3 Å². The molecule has 9 heteroatoms. The number of rotatable bonds is 10. The molecule has 0 amide bonds. The van der Waals surface area contributed by atoms with Gasteiger partial charge in [-0.1, -0.05) is 36.8 Å². The lowest BCUT2D eigenvalue weighted by molar-refractivity contribution is 0.316. The number of benzene rings is 1. The van der Waals surface area contributed by atoms with Crippen molar-refractivity contribution in [2.45, 2.75) is 33.7 Å². The van der Waals surface area contributed by atoms with Gasteiger partial charge in [-0.3, -0.25) is 0 Å². The van der Waals surface area contributed by atoms with Gasteiger partial charge < -0.3 is 15.5 Å². The zero-order valence-corrected chi connectivity index (χ0v) is 19.8. The molecule has 2 heterocycles. The van der Waals surface area contributed by atoms with Crippen molar-refractivity contribution in [2.75, 3.05) is 36.8 Å². The Hall–Kier alpha value is -2.29. The highest BCUT2D eigenvalue weighted by Crippen LogP contribution is 2.33. The van der Waals surface area contributed by atoms with E-state index in [1.165, 1.54) is 23.5 Å². The van der Waals surface area contributed by atoms with E-state index in [2.05, 4.69) is 53.2 Å². The summed E-state index contributed by atoms with van der Waals surface area (Å²) in [5.41, 5.74) is 2.03. The molecule has 0 saturated heterocycles. The first-order valence-corrected chi connectivity index (χ1v) is 11.6. The topological polar surface area (TPSA) is 66.0 Å². The molecule has 0 unspecified atom stereocenters. The highest BCUT2D eigenvalue weighted by Gasteiger charge is 2.14. The van der Waals surface area contributed by atoms with E-state index in [0.717, 1.165) is 35.3 Å². The van der Waals surface area contributed by atoms with Gasteiger partial charge in [-0.2, -0.15) is 0 Å². The van der Waals surface area contributed by atoms with E-state index in [0.29, 0.717) is 28.8 Å². The zero-order chi connectivity index (χ0) is 22.4. The van der Waals surface area contributed by atoms with Crippen molar-refractivity contribution in [2.24, 2.45) is 0 Å². The summed E-state index contributed by atoms with van der Waals surface area (Å²) in [5.74, 6) is 0.124. The maximum atomic E-state index is 13.6. The molecule has 3 rings (SSSR count). The largest absolute Gasteiger partial charge is 0.359 e. The number of hydrogen-bond donors (Lipinski definition) is 2. The van der Waals surface area contributed by atoms with Gasteiger partial charge in [-0.25, -0.2) is 19.3 Å². The highest BCUT2D eigenvalue weighted by atomic mass is 35.5. The van der Waals surface area contributed by atoms with Crippen molar-refractivity contribution in [3.63, 3.8) is 0 Å². The Balaban J connectivity index is 1.94. The summed E-state index contributed by atoms with van der Waals surface area (Å²) >= 11 is 7.84. The number of aromatic nitrogens is 3. The van der Waals surface area contributed by atoms with Crippen LogP contribution >= 0.6 is 22.9 Å². The smallest absolute Gasteiger partial charge is 0.223 e. The van der Waals surface area contributed by atoms with E-state index in [1.807, 2.05) is 6.07 Å². The molecule has 0 aliphatic carbocycles. The fourth-order valence-corrected chi connectivity index (χ4v) is 4.25. The molecule has 0 fully saturated rings. The van der Waals surface area contributed by atoms with Gasteiger partial charge in [0.2, 0.25) is 5.95 Å². The normalized spacial score (nSPS) is 11.4. The third kappa shape index (κ3) is 6.35. The monoisotopic (exact) mass is 462 g/mol. The van der Waals surface area contributed by atoms with Crippen LogP contribution in [0.3, 0.4) is 0 Å². The van der Waals surface area contributed by atoms with Crippen LogP contribution < -0.4 is 10.6 Å². The van der Waals surface area contributed by atoms with Crippen molar-refractivity contribution in [1.29, 1.82) is 0 Å². The molecule has 0 radical (unpaired) electrons. The number of thiazole rings is 1. The standard InChI is InChI=1S/C22H28ClFN6S/c1-5-30(6-2)10-9-25-21-28-18(16-8-7-15(24)11-17(16)23)12-19(29-21)20-13-26-22(31-20)27-14(3)4/h7-8,11-14H,5-6,9-10H2,1-4H3,(H,26,27)(H,25,28,29). The van der Waals surface area contributed by atoms with Gasteiger partial charge in [0.15, 0.2) is 5.13 Å². The molecule has 31 heavy (non-hydrogen) atoms. The molecule has 0 atom stereocenters. The van der Waals surface area contributed by atoms with Gasteiger partial charge in [0.1, 0.15) is 5.82 Å². The van der Waals surface area contributed by atoms with Crippen molar-refractivity contribution in [3.8, 4) is 21.8 Å². The molecule has 0 saturated carbocycles. The van der Waals surface area contributed by atoms with Crippen LogP contribution in [0.5, 0.6) is 0 Å². The predicted octanol–water partition coefficient (Wildman–Crippen LogP) is 5.63. The summed E-state index contributed by atoms with van der Waals surface area (Å²) in [7, 11) is 0. The number of nitrogens with one attached hydrogen (secondary N) is 2. The molecule has 6 nitrogen and oxygen atoms in total. The Morgan fingerprint density at radius 2 is 1.87 bits per heavy atom. The van der Waals surface area contributed by atoms with Gasteiger partial charge >= 0.3 is 0 Å². The second kappa shape index (κ2) is 10.8. The SMILES string of the molecule is CCN(CC)CCNc1nc(-c2cnc(NC(C)C)s2)cc(-c2ccc(F)cc2Cl)n1. The minimum absolute atomic E-state index is 0.287. The minimum Gasteiger partial charge on any atom is -0.359 e. The molecular formula is C22H28ClFN6S. The summed E-state index contributed by atoms with van der Waals surface area (Å²) in [6.45, 7) is 12.0. The Morgan fingerprint density at radius 1 is 1.13 bits per heavy atom. The van der Waals surface area contributed by atoms with Gasteiger partial charge in [0.25, 0.3) is 0 Å². The predicted molar refractivity (Wildman–Crippen MR) is 129 cm³/mol. The molecule has 0 bridgehead atoms. The lowest BCUT2D eigenvalue weighted by Crippen LogP contribution is -2.29. The van der Waals surface area contributed by atoms with Gasteiger partial charge in [-0.05, 0) is 51.2 Å². The van der Waals surface area contributed by atoms with Gasteiger partial charge in [-0.15, -0.1) is 0 Å². The van der Waals surface area contributed by atoms with Crippen LogP contribution in [0.2, 0.25) is 5.02 Å². The van der Waals surface area contributed by atoms with Crippen LogP contribution in [-0.4, -0.2) is 52.1 Å². The Morgan fingerprint density at radius 3 is 2.55 bits per heavy atom. The van der Waals surface area contributed by atoms with Crippen LogP contribution in [0.15, 0.2) is 30.5 Å². The minimum atomic E-state index is -0.382. The molecule has 3 aromatic rings. The van der Waals surface area contributed by atoms with Crippen LogP contribution in [-0.2, 0) is 0 Å². The fraction of sp³-hybridized carbons (Fsp3) is 0.409.